The number of aliphatic imine (C=N–C) groups is 1. The maximum absolute atomic E-state index is 13.6. The number of nitrogens with one attached hydrogen (secondary N) is 3. The molecule has 0 bridgehead atoms. The molecule has 2 aliphatic carbocycles. The summed E-state index contributed by atoms with van der Waals surface area (Å²) in [6.07, 6.45) is 5.83. The molecule has 2 heterocycles. The second-order valence-corrected chi connectivity index (χ2v) is 13.7. The Bertz CT molecular complexity index is 1330. The number of carbonyl (C=O) groups is 3. The molecule has 2 amide bonds. The fourth-order valence-electron chi connectivity index (χ4n) is 7.67. The van der Waals surface area contributed by atoms with E-state index >= 15 is 0 Å². The molecule has 9 nitrogen and oxygen atoms in total. The highest BCUT2D eigenvalue weighted by Gasteiger charge is 2.38. The molecule has 0 spiro atoms. The van der Waals surface area contributed by atoms with Crippen LogP contribution in [0.5, 0.6) is 5.75 Å². The molecule has 0 saturated heterocycles. The van der Waals surface area contributed by atoms with E-state index in [1.165, 1.54) is 13.8 Å². The molecule has 1 aliphatic heterocycles. The molecule has 4 unspecified atom stereocenters. The summed E-state index contributed by atoms with van der Waals surface area (Å²) in [5.41, 5.74) is 2.92. The predicted molar refractivity (Wildman–Crippen MR) is 170 cm³/mol. The van der Waals surface area contributed by atoms with E-state index in [4.69, 9.17) is 9.47 Å². The highest BCUT2D eigenvalue weighted by Crippen LogP contribution is 2.41. The summed E-state index contributed by atoms with van der Waals surface area (Å²) in [5, 5.41) is 5.62. The molecule has 2 saturated carbocycles. The van der Waals surface area contributed by atoms with Gasteiger partial charge in [-0.2, -0.15) is 0 Å². The number of aromatic nitrogens is 1. The van der Waals surface area contributed by atoms with Gasteiger partial charge in [0.25, 0.3) is 0 Å². The zero-order chi connectivity index (χ0) is 31.7. The summed E-state index contributed by atoms with van der Waals surface area (Å²) in [7, 11) is 0. The van der Waals surface area contributed by atoms with Crippen LogP contribution >= 0.6 is 0 Å². The van der Waals surface area contributed by atoms with Gasteiger partial charge in [-0.05, 0) is 86.7 Å². The number of ether oxygens (including phenoxy) is 2. The number of anilines is 1. The third-order valence-corrected chi connectivity index (χ3v) is 9.38. The fourth-order valence-corrected chi connectivity index (χ4v) is 7.67. The van der Waals surface area contributed by atoms with Crippen molar-refractivity contribution in [3.8, 4) is 5.75 Å². The van der Waals surface area contributed by atoms with Crippen LogP contribution in [-0.2, 0) is 19.1 Å². The van der Waals surface area contributed by atoms with E-state index in [2.05, 4.69) is 62.2 Å². The first-order valence-electron chi connectivity index (χ1n) is 15.8. The normalized spacial score (nSPS) is 32.0. The van der Waals surface area contributed by atoms with Crippen LogP contribution in [0.15, 0.2) is 21.8 Å². The number of H-pyrrole nitrogens is 1. The topological polar surface area (TPSA) is 122 Å². The highest BCUT2D eigenvalue weighted by atomic mass is 16.5. The summed E-state index contributed by atoms with van der Waals surface area (Å²) < 4.78 is 12.8. The molecule has 0 radical (unpaired) electrons. The fraction of sp³-hybridized carbons (Fsp3) is 0.647. The van der Waals surface area contributed by atoms with Crippen molar-refractivity contribution in [1.82, 2.24) is 10.3 Å². The number of hydrogen-bond acceptors (Lipinski definition) is 6. The summed E-state index contributed by atoms with van der Waals surface area (Å²) in [6, 6.07) is 0. The van der Waals surface area contributed by atoms with Crippen LogP contribution in [0, 0.1) is 42.4 Å². The Hall–Kier alpha value is -3.36. The zero-order valence-electron chi connectivity index (χ0n) is 27.5. The van der Waals surface area contributed by atoms with Crippen molar-refractivity contribution < 1.29 is 23.9 Å². The molecular weight excluding hydrogens is 544 g/mol. The maximum Gasteiger partial charge on any atom is 0.342 e. The lowest BCUT2D eigenvalue weighted by Crippen LogP contribution is -2.39. The van der Waals surface area contributed by atoms with Gasteiger partial charge in [-0.1, -0.05) is 41.5 Å². The van der Waals surface area contributed by atoms with E-state index < -0.39 is 5.97 Å². The molecule has 1 aromatic heterocycles. The van der Waals surface area contributed by atoms with Crippen LogP contribution in [0.25, 0.3) is 6.08 Å². The Kier molecular flexibility index (Phi) is 9.92. The highest BCUT2D eigenvalue weighted by molar-refractivity contribution is 6.25. The van der Waals surface area contributed by atoms with Gasteiger partial charge < -0.3 is 25.1 Å². The minimum Gasteiger partial charge on any atom is -0.486 e. The third kappa shape index (κ3) is 7.24. The lowest BCUT2D eigenvalue weighted by molar-refractivity contribution is -0.152. The average Bonchev–Trinajstić information content (AvgIpc) is 3.32. The Morgan fingerprint density at radius 3 is 1.84 bits per heavy atom. The summed E-state index contributed by atoms with van der Waals surface area (Å²) >= 11 is 0. The second kappa shape index (κ2) is 13.1. The number of allylic oxidation sites excluding steroid dienone is 1. The second-order valence-electron chi connectivity index (χ2n) is 13.7. The molecule has 2 fully saturated rings. The largest absolute Gasteiger partial charge is 0.486 e. The molecule has 4 atom stereocenters. The number of rotatable bonds is 6. The van der Waals surface area contributed by atoms with Crippen LogP contribution in [0.1, 0.15) is 99.3 Å². The lowest BCUT2D eigenvalue weighted by atomic mass is 9.75. The third-order valence-electron chi connectivity index (χ3n) is 9.38. The van der Waals surface area contributed by atoms with Crippen LogP contribution in [0.2, 0.25) is 0 Å². The first-order chi connectivity index (χ1) is 20.2. The van der Waals surface area contributed by atoms with E-state index in [0.717, 1.165) is 31.2 Å². The SMILES string of the molecule is CC(=O)NC1=NC(=Cc2[nH]c(NC(C)=O)c(OC3C(C)CC(C)CC3C)c2C)C(C)=C1C(=O)OC1C(C)CC(C)CC1C. The number of nitrogens with zero attached hydrogens (tertiary/aromatic N) is 1. The van der Waals surface area contributed by atoms with Gasteiger partial charge in [-0.25, -0.2) is 9.79 Å². The van der Waals surface area contributed by atoms with Crippen molar-refractivity contribution in [2.45, 2.75) is 107 Å². The van der Waals surface area contributed by atoms with Crippen molar-refractivity contribution in [1.29, 1.82) is 0 Å². The molecular formula is C34H50N4O5. The van der Waals surface area contributed by atoms with Crippen LogP contribution in [-0.4, -0.2) is 40.8 Å². The molecule has 4 rings (SSSR count). The molecule has 9 heteroatoms. The van der Waals surface area contributed by atoms with Crippen molar-refractivity contribution in [3.05, 3.63) is 28.1 Å². The van der Waals surface area contributed by atoms with Gasteiger partial charge >= 0.3 is 5.97 Å². The zero-order valence-corrected chi connectivity index (χ0v) is 27.5. The number of aromatic amines is 1. The molecule has 1 aromatic rings. The van der Waals surface area contributed by atoms with Crippen molar-refractivity contribution >= 4 is 35.5 Å². The predicted octanol–water partition coefficient (Wildman–Crippen LogP) is 6.55. The molecule has 236 valence electrons. The van der Waals surface area contributed by atoms with Crippen LogP contribution in [0.3, 0.4) is 0 Å². The van der Waals surface area contributed by atoms with E-state index in [1.807, 2.05) is 19.9 Å². The summed E-state index contributed by atoms with van der Waals surface area (Å²) in [4.78, 5) is 45.8. The van der Waals surface area contributed by atoms with Crippen LogP contribution < -0.4 is 15.4 Å². The van der Waals surface area contributed by atoms with Crippen molar-refractivity contribution in [3.63, 3.8) is 0 Å². The number of hydrogen-bond donors (Lipinski definition) is 3. The smallest absolute Gasteiger partial charge is 0.342 e. The molecule has 3 N–H and O–H groups in total. The first-order valence-corrected chi connectivity index (χ1v) is 15.8. The summed E-state index contributed by atoms with van der Waals surface area (Å²) in [5.74, 6) is 2.74. The van der Waals surface area contributed by atoms with Crippen molar-refractivity contribution in [2.24, 2.45) is 40.5 Å². The molecule has 0 aromatic carbocycles. The number of amides is 2. The van der Waals surface area contributed by atoms with Gasteiger partial charge in [0.15, 0.2) is 11.6 Å². The minimum absolute atomic E-state index is 0.0187. The lowest BCUT2D eigenvalue weighted by Gasteiger charge is -2.38. The van der Waals surface area contributed by atoms with Gasteiger partial charge in [-0.3, -0.25) is 9.59 Å². The van der Waals surface area contributed by atoms with E-state index in [0.29, 0.717) is 52.2 Å². The van der Waals surface area contributed by atoms with Crippen molar-refractivity contribution in [2.75, 3.05) is 5.32 Å². The minimum atomic E-state index is -0.479. The van der Waals surface area contributed by atoms with Gasteiger partial charge in [0.2, 0.25) is 11.8 Å². The standard InChI is InChI=1S/C34H50N4O5/c1-16-11-18(3)29(19(4)12-16)42-31-23(8)27(38-33(31)36-25(10)40)15-26-22(7)28(32(37-26)35-24(9)39)34(41)43-30-20(5)13-17(2)14-21(30)6/h15-21,29-30,38H,11-14H2,1-10H3,(H,36,40)(H,35,37,39). The summed E-state index contributed by atoms with van der Waals surface area (Å²) in [6.45, 7) is 19.8. The number of carbonyl (C=O) groups excluding carboxylic acids is 3. The number of amidine groups is 1. The molecule has 3 aliphatic rings. The van der Waals surface area contributed by atoms with E-state index in [1.54, 1.807) is 0 Å². The van der Waals surface area contributed by atoms with Gasteiger partial charge in [-0.15, -0.1) is 0 Å². The Labute approximate surface area is 256 Å². The van der Waals surface area contributed by atoms with Gasteiger partial charge in [0.1, 0.15) is 23.6 Å². The first kappa shape index (κ1) is 32.6. The van der Waals surface area contributed by atoms with E-state index in [-0.39, 0.29) is 47.3 Å². The number of esters is 1. The van der Waals surface area contributed by atoms with Crippen LogP contribution in [0.4, 0.5) is 5.82 Å². The average molecular weight is 595 g/mol. The van der Waals surface area contributed by atoms with Gasteiger partial charge in [0.05, 0.1) is 5.70 Å². The molecule has 43 heavy (non-hydrogen) atoms. The van der Waals surface area contributed by atoms with E-state index in [9.17, 15) is 14.4 Å². The Morgan fingerprint density at radius 1 is 0.814 bits per heavy atom. The monoisotopic (exact) mass is 594 g/mol. The Balaban J connectivity index is 1.69. The quantitative estimate of drug-likeness (QED) is 0.323. The maximum atomic E-state index is 13.6. The van der Waals surface area contributed by atoms with Gasteiger partial charge in [0, 0.05) is 25.1 Å². The Morgan fingerprint density at radius 2 is 1.33 bits per heavy atom.